The van der Waals surface area contributed by atoms with Gasteiger partial charge in [0.15, 0.2) is 0 Å². The molecule has 108 valence electrons. The smallest absolute Gasteiger partial charge is 0.120 e. The van der Waals surface area contributed by atoms with Crippen molar-refractivity contribution in [3.8, 4) is 5.75 Å². The van der Waals surface area contributed by atoms with Crippen LogP contribution in [0.25, 0.3) is 0 Å². The molecule has 0 radical (unpaired) electrons. The van der Waals surface area contributed by atoms with Crippen molar-refractivity contribution in [3.05, 3.63) is 29.3 Å². The van der Waals surface area contributed by atoms with Gasteiger partial charge in [0.25, 0.3) is 0 Å². The zero-order valence-electron chi connectivity index (χ0n) is 12.0. The molecular weight excluding hydrogens is 312 g/mol. The second kappa shape index (κ2) is 5.05. The Bertz CT molecular complexity index is 504. The number of alkyl halides is 1. The van der Waals surface area contributed by atoms with Crippen LogP contribution in [0.3, 0.4) is 0 Å². The van der Waals surface area contributed by atoms with E-state index in [4.69, 9.17) is 4.74 Å². The highest BCUT2D eigenvalue weighted by atomic mass is 79.9. The van der Waals surface area contributed by atoms with E-state index in [0.717, 1.165) is 5.75 Å². The van der Waals surface area contributed by atoms with Gasteiger partial charge >= 0.3 is 0 Å². The molecule has 0 heterocycles. The third-order valence-corrected chi connectivity index (χ3v) is 7.10. The molecule has 2 unspecified atom stereocenters. The number of halogens is 1. The first-order valence-electron chi connectivity index (χ1n) is 8.20. The summed E-state index contributed by atoms with van der Waals surface area (Å²) in [6, 6.07) is 6.82. The third-order valence-electron chi connectivity index (χ3n) is 5.82. The molecule has 0 bridgehead atoms. The van der Waals surface area contributed by atoms with E-state index in [1.165, 1.54) is 63.4 Å². The Morgan fingerprint density at radius 2 is 1.75 bits per heavy atom. The van der Waals surface area contributed by atoms with E-state index >= 15 is 0 Å². The molecule has 0 aromatic heterocycles. The molecule has 3 aliphatic rings. The van der Waals surface area contributed by atoms with E-state index in [2.05, 4.69) is 34.1 Å². The second-order valence-electron chi connectivity index (χ2n) is 6.89. The molecule has 20 heavy (non-hydrogen) atoms. The summed E-state index contributed by atoms with van der Waals surface area (Å²) < 4.78 is 6.39. The number of fused-ring (bicyclic) bond motifs is 1. The fraction of sp³-hybridized carbons (Fsp3) is 0.667. The maximum atomic E-state index is 6.39. The Kier molecular flexibility index (Phi) is 3.33. The van der Waals surface area contributed by atoms with E-state index in [-0.39, 0.29) is 0 Å². The molecule has 4 rings (SSSR count). The number of hydrogen-bond acceptors (Lipinski definition) is 1. The molecule has 0 aliphatic heterocycles. The van der Waals surface area contributed by atoms with Gasteiger partial charge in [-0.1, -0.05) is 34.8 Å². The number of hydrogen-bond donors (Lipinski definition) is 0. The predicted molar refractivity (Wildman–Crippen MR) is 85.7 cm³/mol. The summed E-state index contributed by atoms with van der Waals surface area (Å²) in [4.78, 5) is 0.681. The molecule has 2 atom stereocenters. The van der Waals surface area contributed by atoms with Crippen LogP contribution in [0.2, 0.25) is 0 Å². The van der Waals surface area contributed by atoms with Gasteiger partial charge < -0.3 is 4.74 Å². The Hall–Kier alpha value is -0.500. The highest BCUT2D eigenvalue weighted by molar-refractivity contribution is 9.09. The molecule has 0 N–H and O–H groups in total. The SMILES string of the molecule is BrC1CC(Oc2ccc3c(c2)CCCC3)C12CCCC2. The van der Waals surface area contributed by atoms with Gasteiger partial charge in [0.2, 0.25) is 0 Å². The van der Waals surface area contributed by atoms with Crippen LogP contribution in [0, 0.1) is 5.41 Å². The van der Waals surface area contributed by atoms with Crippen LogP contribution in [0.1, 0.15) is 56.1 Å². The van der Waals surface area contributed by atoms with Crippen LogP contribution in [0.15, 0.2) is 18.2 Å². The summed E-state index contributed by atoms with van der Waals surface area (Å²) in [6.07, 6.45) is 12.3. The largest absolute Gasteiger partial charge is 0.490 e. The predicted octanol–water partition coefficient (Wildman–Crippen LogP) is 5.04. The van der Waals surface area contributed by atoms with Gasteiger partial charge in [-0.3, -0.25) is 0 Å². The number of ether oxygens (including phenoxy) is 1. The van der Waals surface area contributed by atoms with E-state index < -0.39 is 0 Å². The van der Waals surface area contributed by atoms with Crippen molar-refractivity contribution in [1.29, 1.82) is 0 Å². The standard InChI is InChI=1S/C18H23BrO/c19-16-12-17(18(16)9-3-4-10-18)20-15-8-7-13-5-1-2-6-14(13)11-15/h7-8,11,16-17H,1-6,9-10,12H2. The first-order chi connectivity index (χ1) is 9.78. The molecule has 1 aromatic carbocycles. The van der Waals surface area contributed by atoms with Gasteiger partial charge in [-0.05, 0) is 68.2 Å². The molecule has 2 heteroatoms. The average Bonchev–Trinajstić information content (AvgIpc) is 2.99. The summed E-state index contributed by atoms with van der Waals surface area (Å²) in [5.74, 6) is 1.11. The van der Waals surface area contributed by atoms with Crippen molar-refractivity contribution in [2.45, 2.75) is 68.7 Å². The third kappa shape index (κ3) is 2.03. The lowest BCUT2D eigenvalue weighted by Gasteiger charge is -2.51. The summed E-state index contributed by atoms with van der Waals surface area (Å²) in [5, 5.41) is 0. The van der Waals surface area contributed by atoms with Crippen molar-refractivity contribution in [1.82, 2.24) is 0 Å². The van der Waals surface area contributed by atoms with Crippen LogP contribution in [0.4, 0.5) is 0 Å². The molecule has 2 fully saturated rings. The molecule has 0 amide bonds. The molecule has 1 aromatic rings. The Labute approximate surface area is 130 Å². The van der Waals surface area contributed by atoms with Crippen molar-refractivity contribution in [2.75, 3.05) is 0 Å². The minimum absolute atomic E-state index is 0.440. The first-order valence-corrected chi connectivity index (χ1v) is 9.12. The van der Waals surface area contributed by atoms with Crippen molar-refractivity contribution in [3.63, 3.8) is 0 Å². The van der Waals surface area contributed by atoms with Crippen LogP contribution >= 0.6 is 15.9 Å². The molecule has 3 aliphatic carbocycles. The van der Waals surface area contributed by atoms with Gasteiger partial charge in [-0.2, -0.15) is 0 Å². The quantitative estimate of drug-likeness (QED) is 0.688. The number of aryl methyl sites for hydroxylation is 2. The lowest BCUT2D eigenvalue weighted by atomic mass is 9.64. The van der Waals surface area contributed by atoms with E-state index in [1.54, 1.807) is 5.56 Å². The average molecular weight is 335 g/mol. The molecule has 0 saturated heterocycles. The van der Waals surface area contributed by atoms with Crippen LogP contribution in [-0.2, 0) is 12.8 Å². The molecule has 1 nitrogen and oxygen atoms in total. The van der Waals surface area contributed by atoms with E-state index in [9.17, 15) is 0 Å². The maximum Gasteiger partial charge on any atom is 0.120 e. The topological polar surface area (TPSA) is 9.23 Å². The Balaban J connectivity index is 1.52. The van der Waals surface area contributed by atoms with Crippen LogP contribution in [0.5, 0.6) is 5.75 Å². The number of benzene rings is 1. The van der Waals surface area contributed by atoms with Crippen molar-refractivity contribution in [2.24, 2.45) is 5.41 Å². The first kappa shape index (κ1) is 13.2. The fourth-order valence-corrected chi connectivity index (χ4v) is 5.57. The van der Waals surface area contributed by atoms with Crippen LogP contribution < -0.4 is 4.74 Å². The minimum atomic E-state index is 0.440. The van der Waals surface area contributed by atoms with Crippen LogP contribution in [-0.4, -0.2) is 10.9 Å². The van der Waals surface area contributed by atoms with Gasteiger partial charge in [0, 0.05) is 10.2 Å². The Morgan fingerprint density at radius 3 is 2.50 bits per heavy atom. The second-order valence-corrected chi connectivity index (χ2v) is 7.99. The molecule has 2 saturated carbocycles. The van der Waals surface area contributed by atoms with E-state index in [0.29, 0.717) is 16.3 Å². The maximum absolute atomic E-state index is 6.39. The fourth-order valence-electron chi connectivity index (χ4n) is 4.48. The van der Waals surface area contributed by atoms with E-state index in [1.807, 2.05) is 0 Å². The van der Waals surface area contributed by atoms with Gasteiger partial charge in [0.05, 0.1) is 0 Å². The summed E-state index contributed by atoms with van der Waals surface area (Å²) in [7, 11) is 0. The summed E-state index contributed by atoms with van der Waals surface area (Å²) in [5.41, 5.74) is 3.52. The van der Waals surface area contributed by atoms with Crippen molar-refractivity contribution < 1.29 is 4.74 Å². The van der Waals surface area contributed by atoms with Gasteiger partial charge in [-0.25, -0.2) is 0 Å². The van der Waals surface area contributed by atoms with Gasteiger partial charge in [0.1, 0.15) is 11.9 Å². The number of rotatable bonds is 2. The summed E-state index contributed by atoms with van der Waals surface area (Å²) in [6.45, 7) is 0. The highest BCUT2D eigenvalue weighted by Crippen LogP contribution is 2.57. The lowest BCUT2D eigenvalue weighted by molar-refractivity contribution is -0.0304. The monoisotopic (exact) mass is 334 g/mol. The van der Waals surface area contributed by atoms with Gasteiger partial charge in [-0.15, -0.1) is 0 Å². The zero-order chi connectivity index (χ0) is 13.6. The zero-order valence-corrected chi connectivity index (χ0v) is 13.6. The Morgan fingerprint density at radius 1 is 1.00 bits per heavy atom. The summed E-state index contributed by atoms with van der Waals surface area (Å²) >= 11 is 3.88. The highest BCUT2D eigenvalue weighted by Gasteiger charge is 2.56. The minimum Gasteiger partial charge on any atom is -0.490 e. The molecular formula is C18H23BrO. The normalized spacial score (nSPS) is 30.9. The molecule has 1 spiro atoms. The van der Waals surface area contributed by atoms with Crippen molar-refractivity contribution >= 4 is 15.9 Å². The lowest BCUT2D eigenvalue weighted by Crippen LogP contribution is -2.55.